The van der Waals surface area contributed by atoms with Crippen LogP contribution in [0.15, 0.2) is 4.52 Å². The van der Waals surface area contributed by atoms with Crippen LogP contribution in [0.4, 0.5) is 0 Å². The summed E-state index contributed by atoms with van der Waals surface area (Å²) in [6.45, 7) is 2.59. The highest BCUT2D eigenvalue weighted by atomic mass is 16.5. The van der Waals surface area contributed by atoms with Gasteiger partial charge in [0.25, 0.3) is 0 Å². The summed E-state index contributed by atoms with van der Waals surface area (Å²) in [5.41, 5.74) is 0. The molecule has 1 aromatic rings. The van der Waals surface area contributed by atoms with E-state index in [1.807, 2.05) is 0 Å². The van der Waals surface area contributed by atoms with Crippen LogP contribution in [0.3, 0.4) is 0 Å². The summed E-state index contributed by atoms with van der Waals surface area (Å²) in [5.74, 6) is 1.89. The zero-order valence-electron chi connectivity index (χ0n) is 10.0. The number of ether oxygens (including phenoxy) is 1. The van der Waals surface area contributed by atoms with Crippen LogP contribution < -0.4 is 5.32 Å². The van der Waals surface area contributed by atoms with E-state index in [0.29, 0.717) is 5.92 Å². The van der Waals surface area contributed by atoms with Crippen LogP contribution in [-0.4, -0.2) is 29.9 Å². The Morgan fingerprint density at radius 3 is 3.06 bits per heavy atom. The highest BCUT2D eigenvalue weighted by Crippen LogP contribution is 2.26. The van der Waals surface area contributed by atoms with Crippen molar-refractivity contribution in [1.82, 2.24) is 15.5 Å². The highest BCUT2D eigenvalue weighted by molar-refractivity contribution is 5.00. The van der Waals surface area contributed by atoms with Crippen molar-refractivity contribution >= 4 is 0 Å². The molecular formula is C12H19N3O2. The minimum absolute atomic E-state index is 0.275. The van der Waals surface area contributed by atoms with Gasteiger partial charge in [-0.05, 0) is 25.8 Å². The van der Waals surface area contributed by atoms with Gasteiger partial charge in [0.15, 0.2) is 5.82 Å². The van der Waals surface area contributed by atoms with Gasteiger partial charge in [-0.3, -0.25) is 0 Å². The molecule has 0 bridgehead atoms. The molecule has 0 spiro atoms. The summed E-state index contributed by atoms with van der Waals surface area (Å²) in [7, 11) is 0. The third kappa shape index (κ3) is 2.50. The van der Waals surface area contributed by atoms with E-state index in [2.05, 4.69) is 15.5 Å². The summed E-state index contributed by atoms with van der Waals surface area (Å²) < 4.78 is 10.7. The van der Waals surface area contributed by atoms with Crippen molar-refractivity contribution < 1.29 is 9.26 Å². The maximum absolute atomic E-state index is 5.36. The van der Waals surface area contributed by atoms with E-state index in [1.54, 1.807) is 0 Å². The summed E-state index contributed by atoms with van der Waals surface area (Å²) in [6, 6.07) is 0.275. The smallest absolute Gasteiger partial charge is 0.232 e. The lowest BCUT2D eigenvalue weighted by Gasteiger charge is -2.10. The molecule has 2 saturated heterocycles. The predicted octanol–water partition coefficient (Wildman–Crippen LogP) is 1.78. The molecule has 94 valence electrons. The molecular weight excluding hydrogens is 218 g/mol. The fraction of sp³-hybridized carbons (Fsp3) is 0.833. The SMILES string of the molecule is C1CCNC(c2noc(C3CCOC3)n2)CC1. The molecule has 2 aliphatic rings. The summed E-state index contributed by atoms with van der Waals surface area (Å²) >= 11 is 0. The van der Waals surface area contributed by atoms with Gasteiger partial charge in [-0.25, -0.2) is 0 Å². The molecule has 2 atom stereocenters. The second kappa shape index (κ2) is 5.14. The lowest BCUT2D eigenvalue weighted by atomic mass is 10.1. The van der Waals surface area contributed by atoms with E-state index in [9.17, 15) is 0 Å². The molecule has 0 radical (unpaired) electrons. The van der Waals surface area contributed by atoms with E-state index in [4.69, 9.17) is 9.26 Å². The van der Waals surface area contributed by atoms with Gasteiger partial charge in [0.05, 0.1) is 18.6 Å². The first-order chi connectivity index (χ1) is 8.43. The van der Waals surface area contributed by atoms with Gasteiger partial charge in [0, 0.05) is 6.61 Å². The number of aromatic nitrogens is 2. The second-order valence-corrected chi connectivity index (χ2v) is 4.91. The average molecular weight is 237 g/mol. The highest BCUT2D eigenvalue weighted by Gasteiger charge is 2.26. The van der Waals surface area contributed by atoms with Gasteiger partial charge in [0.1, 0.15) is 0 Å². The van der Waals surface area contributed by atoms with E-state index in [-0.39, 0.29) is 6.04 Å². The number of rotatable bonds is 2. The predicted molar refractivity (Wildman–Crippen MR) is 61.7 cm³/mol. The van der Waals surface area contributed by atoms with Crippen LogP contribution in [0, 0.1) is 0 Å². The molecule has 2 fully saturated rings. The molecule has 0 saturated carbocycles. The van der Waals surface area contributed by atoms with Crippen LogP contribution in [0.1, 0.15) is 55.8 Å². The number of hydrogen-bond acceptors (Lipinski definition) is 5. The third-order valence-electron chi connectivity index (χ3n) is 3.61. The molecule has 3 heterocycles. The summed E-state index contributed by atoms with van der Waals surface area (Å²) in [6.07, 6.45) is 5.90. The first-order valence-corrected chi connectivity index (χ1v) is 6.58. The Labute approximate surface area is 101 Å². The second-order valence-electron chi connectivity index (χ2n) is 4.91. The van der Waals surface area contributed by atoms with Gasteiger partial charge in [-0.15, -0.1) is 0 Å². The van der Waals surface area contributed by atoms with Crippen molar-refractivity contribution in [2.24, 2.45) is 0 Å². The van der Waals surface area contributed by atoms with Gasteiger partial charge < -0.3 is 14.6 Å². The Morgan fingerprint density at radius 2 is 2.18 bits per heavy atom. The minimum atomic E-state index is 0.275. The summed E-state index contributed by atoms with van der Waals surface area (Å²) in [5, 5.41) is 7.61. The fourth-order valence-corrected chi connectivity index (χ4v) is 2.53. The largest absolute Gasteiger partial charge is 0.381 e. The molecule has 0 aliphatic carbocycles. The van der Waals surface area contributed by atoms with E-state index >= 15 is 0 Å². The van der Waals surface area contributed by atoms with Gasteiger partial charge in [0.2, 0.25) is 5.89 Å². The Bertz CT molecular complexity index is 352. The Hall–Kier alpha value is -0.940. The minimum Gasteiger partial charge on any atom is -0.381 e. The first kappa shape index (κ1) is 11.2. The van der Waals surface area contributed by atoms with E-state index < -0.39 is 0 Å². The molecule has 2 unspecified atom stereocenters. The van der Waals surface area contributed by atoms with Gasteiger partial charge >= 0.3 is 0 Å². The van der Waals surface area contributed by atoms with Crippen molar-refractivity contribution in [2.45, 2.75) is 44.1 Å². The Kier molecular flexibility index (Phi) is 3.38. The zero-order chi connectivity index (χ0) is 11.5. The molecule has 5 nitrogen and oxygen atoms in total. The molecule has 3 rings (SSSR count). The summed E-state index contributed by atoms with van der Waals surface area (Å²) in [4.78, 5) is 4.54. The molecule has 0 amide bonds. The van der Waals surface area contributed by atoms with E-state index in [1.165, 1.54) is 19.3 Å². The lowest BCUT2D eigenvalue weighted by Crippen LogP contribution is -2.21. The molecule has 5 heteroatoms. The molecule has 17 heavy (non-hydrogen) atoms. The fourth-order valence-electron chi connectivity index (χ4n) is 2.53. The van der Waals surface area contributed by atoms with Crippen LogP contribution >= 0.6 is 0 Å². The quantitative estimate of drug-likeness (QED) is 0.849. The van der Waals surface area contributed by atoms with Crippen LogP contribution in [-0.2, 0) is 4.74 Å². The van der Waals surface area contributed by atoms with Gasteiger partial charge in [-0.2, -0.15) is 4.98 Å². The third-order valence-corrected chi connectivity index (χ3v) is 3.61. The first-order valence-electron chi connectivity index (χ1n) is 6.58. The van der Waals surface area contributed by atoms with Crippen molar-refractivity contribution in [3.8, 4) is 0 Å². The zero-order valence-corrected chi connectivity index (χ0v) is 10.0. The molecule has 2 aliphatic heterocycles. The molecule has 1 aromatic heterocycles. The van der Waals surface area contributed by atoms with Gasteiger partial charge in [-0.1, -0.05) is 18.0 Å². The van der Waals surface area contributed by atoms with Crippen molar-refractivity contribution in [1.29, 1.82) is 0 Å². The Morgan fingerprint density at radius 1 is 1.18 bits per heavy atom. The van der Waals surface area contributed by atoms with Crippen molar-refractivity contribution in [2.75, 3.05) is 19.8 Å². The maximum atomic E-state index is 5.36. The van der Waals surface area contributed by atoms with Crippen molar-refractivity contribution in [3.05, 3.63) is 11.7 Å². The number of hydrogen-bond donors (Lipinski definition) is 1. The topological polar surface area (TPSA) is 60.2 Å². The molecule has 1 N–H and O–H groups in total. The maximum Gasteiger partial charge on any atom is 0.232 e. The van der Waals surface area contributed by atoms with Crippen molar-refractivity contribution in [3.63, 3.8) is 0 Å². The average Bonchev–Trinajstić information content (AvgIpc) is 2.95. The molecule has 0 aromatic carbocycles. The lowest BCUT2D eigenvalue weighted by molar-refractivity contribution is 0.189. The van der Waals surface area contributed by atoms with E-state index in [0.717, 1.165) is 44.3 Å². The van der Waals surface area contributed by atoms with Crippen LogP contribution in [0.25, 0.3) is 0 Å². The van der Waals surface area contributed by atoms with Crippen LogP contribution in [0.2, 0.25) is 0 Å². The normalized spacial score (nSPS) is 30.4. The monoisotopic (exact) mass is 237 g/mol. The number of nitrogens with one attached hydrogen (secondary N) is 1. The van der Waals surface area contributed by atoms with Crippen LogP contribution in [0.5, 0.6) is 0 Å². The standard InChI is InChI=1S/C12H19N3O2/c1-2-4-10(13-6-3-1)11-14-12(17-15-11)9-5-7-16-8-9/h9-10,13H,1-8H2. The number of nitrogens with zero attached hydrogens (tertiary/aromatic N) is 2. The Balaban J connectivity index is 1.70.